The number of carboxylic acid groups (broad SMARTS) is 1. The Hall–Kier alpha value is -2.12. The van der Waals surface area contributed by atoms with Gasteiger partial charge in [0, 0.05) is 7.05 Å². The van der Waals surface area contributed by atoms with Gasteiger partial charge in [-0.25, -0.2) is 14.5 Å². The molecule has 1 amide bonds. The van der Waals surface area contributed by atoms with Gasteiger partial charge in [-0.3, -0.25) is 4.79 Å². The molecule has 1 heterocycles. The molecular weight excluding hydrogens is 343 g/mol. The molecule has 7 nitrogen and oxygen atoms in total. The second-order valence-electron chi connectivity index (χ2n) is 4.89. The molecule has 1 unspecified atom stereocenters. The van der Waals surface area contributed by atoms with Gasteiger partial charge in [-0.05, 0) is 26.0 Å². The number of hydrogen-bond acceptors (Lipinski definition) is 4. The Labute approximate surface area is 142 Å². The second kappa shape index (κ2) is 6.55. The molecule has 23 heavy (non-hydrogen) atoms. The van der Waals surface area contributed by atoms with Gasteiger partial charge in [-0.2, -0.15) is 0 Å². The fourth-order valence-corrected chi connectivity index (χ4v) is 2.44. The van der Waals surface area contributed by atoms with Crippen LogP contribution >= 0.6 is 23.2 Å². The molecule has 2 aromatic rings. The minimum absolute atomic E-state index is 0.130. The standard InChI is InChI=1S/C14H14Cl2N4O3/c1-7(14(22)23)19(3)13(21)12-17-8(2)20(18-12)11-9(15)5-4-6-10(11)16/h4-7H,1-3H3,(H,22,23). The van der Waals surface area contributed by atoms with E-state index in [1.165, 1.54) is 18.7 Å². The van der Waals surface area contributed by atoms with Gasteiger partial charge in [-0.1, -0.05) is 29.3 Å². The molecule has 9 heteroatoms. The van der Waals surface area contributed by atoms with Gasteiger partial charge < -0.3 is 10.0 Å². The molecule has 0 bridgehead atoms. The minimum Gasteiger partial charge on any atom is -0.480 e. The summed E-state index contributed by atoms with van der Waals surface area (Å²) >= 11 is 12.3. The SMILES string of the molecule is Cc1nc(C(=O)N(C)C(C)C(=O)O)nn1-c1c(Cl)cccc1Cl. The van der Waals surface area contributed by atoms with Crippen LogP contribution in [-0.4, -0.2) is 49.7 Å². The molecule has 1 aromatic heterocycles. The predicted octanol–water partition coefficient (Wildman–Crippen LogP) is 2.43. The molecule has 0 spiro atoms. The molecule has 0 radical (unpaired) electrons. The summed E-state index contributed by atoms with van der Waals surface area (Å²) in [7, 11) is 1.37. The third-order valence-corrected chi connectivity index (χ3v) is 3.98. The highest BCUT2D eigenvalue weighted by Gasteiger charge is 2.26. The Morgan fingerprint density at radius 1 is 1.30 bits per heavy atom. The summed E-state index contributed by atoms with van der Waals surface area (Å²) in [6.45, 7) is 3.04. The quantitative estimate of drug-likeness (QED) is 0.908. The third kappa shape index (κ3) is 3.30. The van der Waals surface area contributed by atoms with E-state index < -0.39 is 17.9 Å². The highest BCUT2D eigenvalue weighted by Crippen LogP contribution is 2.28. The van der Waals surface area contributed by atoms with Gasteiger partial charge in [0.1, 0.15) is 17.6 Å². The fourth-order valence-electron chi connectivity index (χ4n) is 1.88. The van der Waals surface area contributed by atoms with Crippen molar-refractivity contribution in [2.75, 3.05) is 7.05 Å². The van der Waals surface area contributed by atoms with Crippen LogP contribution in [0.1, 0.15) is 23.4 Å². The first-order valence-corrected chi connectivity index (χ1v) is 7.37. The summed E-state index contributed by atoms with van der Waals surface area (Å²) in [6, 6.07) is 3.97. The molecular formula is C14H14Cl2N4O3. The van der Waals surface area contributed by atoms with Gasteiger partial charge in [0.15, 0.2) is 0 Å². The van der Waals surface area contributed by atoms with Gasteiger partial charge in [0.05, 0.1) is 10.0 Å². The van der Waals surface area contributed by atoms with E-state index in [9.17, 15) is 9.59 Å². The molecule has 0 fully saturated rings. The van der Waals surface area contributed by atoms with Gasteiger partial charge in [0.25, 0.3) is 5.91 Å². The number of carbonyl (C=O) groups is 2. The van der Waals surface area contributed by atoms with Crippen LogP contribution in [0.4, 0.5) is 0 Å². The molecule has 0 aliphatic heterocycles. The van der Waals surface area contributed by atoms with Crippen molar-refractivity contribution in [3.63, 3.8) is 0 Å². The maximum absolute atomic E-state index is 12.3. The normalized spacial score (nSPS) is 12.0. The number of amides is 1. The first kappa shape index (κ1) is 17.2. The zero-order chi connectivity index (χ0) is 17.3. The van der Waals surface area contributed by atoms with Gasteiger partial charge in [-0.15, -0.1) is 5.10 Å². The average Bonchev–Trinajstić information content (AvgIpc) is 2.86. The predicted molar refractivity (Wildman–Crippen MR) is 85.3 cm³/mol. The number of rotatable bonds is 4. The van der Waals surface area contributed by atoms with Crippen LogP contribution in [-0.2, 0) is 4.79 Å². The van der Waals surface area contributed by atoms with E-state index in [1.54, 1.807) is 25.1 Å². The Morgan fingerprint density at radius 3 is 2.39 bits per heavy atom. The largest absolute Gasteiger partial charge is 0.480 e. The number of aliphatic carboxylic acids is 1. The van der Waals surface area contributed by atoms with E-state index in [4.69, 9.17) is 28.3 Å². The zero-order valence-corrected chi connectivity index (χ0v) is 14.1. The summed E-state index contributed by atoms with van der Waals surface area (Å²) in [5.74, 6) is -1.45. The van der Waals surface area contributed by atoms with Gasteiger partial charge >= 0.3 is 5.97 Å². The number of benzene rings is 1. The average molecular weight is 357 g/mol. The zero-order valence-electron chi connectivity index (χ0n) is 12.6. The molecule has 0 saturated carbocycles. The van der Waals surface area contributed by atoms with Crippen molar-refractivity contribution in [2.45, 2.75) is 19.9 Å². The van der Waals surface area contributed by atoms with Crippen LogP contribution in [0, 0.1) is 6.92 Å². The Bertz CT molecular complexity index is 755. The number of aryl methyl sites for hydroxylation is 1. The molecule has 0 aliphatic carbocycles. The lowest BCUT2D eigenvalue weighted by Gasteiger charge is -2.19. The molecule has 0 saturated heterocycles. The molecule has 2 rings (SSSR count). The Morgan fingerprint density at radius 2 is 1.87 bits per heavy atom. The number of hydrogen-bond donors (Lipinski definition) is 1. The van der Waals surface area contributed by atoms with E-state index in [-0.39, 0.29) is 5.82 Å². The molecule has 122 valence electrons. The monoisotopic (exact) mass is 356 g/mol. The molecule has 1 atom stereocenters. The lowest BCUT2D eigenvalue weighted by Crippen LogP contribution is -2.40. The fraction of sp³-hybridized carbons (Fsp3) is 0.286. The number of carbonyl (C=O) groups excluding carboxylic acids is 1. The van der Waals surface area contributed by atoms with Crippen molar-refractivity contribution in [2.24, 2.45) is 0 Å². The lowest BCUT2D eigenvalue weighted by atomic mass is 10.3. The van der Waals surface area contributed by atoms with E-state index in [1.807, 2.05) is 0 Å². The third-order valence-electron chi connectivity index (χ3n) is 3.37. The summed E-state index contributed by atoms with van der Waals surface area (Å²) < 4.78 is 1.36. The van der Waals surface area contributed by atoms with Crippen molar-refractivity contribution in [3.8, 4) is 5.69 Å². The van der Waals surface area contributed by atoms with E-state index in [0.717, 1.165) is 4.90 Å². The van der Waals surface area contributed by atoms with Crippen LogP contribution in [0.5, 0.6) is 0 Å². The Kier molecular flexibility index (Phi) is 4.91. The lowest BCUT2D eigenvalue weighted by molar-refractivity contribution is -0.141. The molecule has 1 aromatic carbocycles. The highest BCUT2D eigenvalue weighted by atomic mass is 35.5. The van der Waals surface area contributed by atoms with Crippen molar-refractivity contribution >= 4 is 35.1 Å². The summed E-state index contributed by atoms with van der Waals surface area (Å²) in [5, 5.41) is 13.8. The molecule has 0 aliphatic rings. The van der Waals surface area contributed by atoms with Gasteiger partial charge in [0.2, 0.25) is 5.82 Å². The number of para-hydroxylation sites is 1. The van der Waals surface area contributed by atoms with Crippen molar-refractivity contribution < 1.29 is 14.7 Å². The van der Waals surface area contributed by atoms with Crippen LogP contribution < -0.4 is 0 Å². The van der Waals surface area contributed by atoms with E-state index in [0.29, 0.717) is 21.6 Å². The van der Waals surface area contributed by atoms with Crippen LogP contribution in [0.25, 0.3) is 5.69 Å². The Balaban J connectivity index is 2.43. The number of nitrogens with zero attached hydrogens (tertiary/aromatic N) is 4. The first-order valence-electron chi connectivity index (χ1n) is 6.62. The smallest absolute Gasteiger partial charge is 0.326 e. The number of halogens is 2. The van der Waals surface area contributed by atoms with Crippen molar-refractivity contribution in [1.29, 1.82) is 0 Å². The van der Waals surface area contributed by atoms with Crippen LogP contribution in [0.15, 0.2) is 18.2 Å². The molecule has 1 N–H and O–H groups in total. The minimum atomic E-state index is -1.12. The van der Waals surface area contributed by atoms with Crippen LogP contribution in [0.3, 0.4) is 0 Å². The van der Waals surface area contributed by atoms with E-state index in [2.05, 4.69) is 10.1 Å². The number of carboxylic acids is 1. The van der Waals surface area contributed by atoms with E-state index >= 15 is 0 Å². The maximum Gasteiger partial charge on any atom is 0.326 e. The van der Waals surface area contributed by atoms with Crippen molar-refractivity contribution in [3.05, 3.63) is 39.9 Å². The highest BCUT2D eigenvalue weighted by molar-refractivity contribution is 6.37. The number of likely N-dealkylation sites (N-methyl/N-ethyl adjacent to an activating group) is 1. The summed E-state index contributed by atoms with van der Waals surface area (Å²) in [5.41, 5.74) is 0.411. The second-order valence-corrected chi connectivity index (χ2v) is 5.71. The summed E-state index contributed by atoms with van der Waals surface area (Å²) in [4.78, 5) is 28.4. The van der Waals surface area contributed by atoms with Crippen molar-refractivity contribution in [1.82, 2.24) is 19.7 Å². The summed E-state index contributed by atoms with van der Waals surface area (Å²) in [6.07, 6.45) is 0. The van der Waals surface area contributed by atoms with Crippen LogP contribution in [0.2, 0.25) is 10.0 Å². The number of aromatic nitrogens is 3. The maximum atomic E-state index is 12.3. The topological polar surface area (TPSA) is 88.3 Å². The first-order chi connectivity index (χ1) is 10.7.